The average molecular weight is 216 g/mol. The first-order valence-electron chi connectivity index (χ1n) is 6.10. The number of benzene rings is 1. The first kappa shape index (κ1) is 11.4. The molecule has 0 amide bonds. The molecule has 0 bridgehead atoms. The maximum atomic E-state index is 10.1. The maximum absolute atomic E-state index is 10.1. The van der Waals surface area contributed by atoms with Gasteiger partial charge in [-0.15, -0.1) is 0 Å². The largest absolute Gasteiger partial charge is 0.388 e. The lowest BCUT2D eigenvalue weighted by Crippen LogP contribution is -2.13. The Kier molecular flexibility index (Phi) is 3.45. The summed E-state index contributed by atoms with van der Waals surface area (Å²) in [5.41, 5.74) is 5.07. The number of aliphatic hydroxyl groups excluding tert-OH is 1. The fraction of sp³-hybridized carbons (Fsp3) is 0.467. The minimum Gasteiger partial charge on any atom is -0.388 e. The van der Waals surface area contributed by atoms with Crippen LogP contribution in [0.1, 0.15) is 36.0 Å². The van der Waals surface area contributed by atoms with Gasteiger partial charge in [0.05, 0.1) is 6.10 Å². The molecule has 86 valence electrons. The van der Waals surface area contributed by atoms with E-state index >= 15 is 0 Å². The van der Waals surface area contributed by atoms with Gasteiger partial charge >= 0.3 is 0 Å². The van der Waals surface area contributed by atoms with Crippen molar-refractivity contribution in [3.05, 3.63) is 46.5 Å². The lowest BCUT2D eigenvalue weighted by atomic mass is 9.96. The summed E-state index contributed by atoms with van der Waals surface area (Å²) in [7, 11) is 0. The highest BCUT2D eigenvalue weighted by molar-refractivity contribution is 5.32. The van der Waals surface area contributed by atoms with Gasteiger partial charge in [-0.3, -0.25) is 0 Å². The van der Waals surface area contributed by atoms with Crippen molar-refractivity contribution in [1.29, 1.82) is 0 Å². The number of hydrogen-bond donors (Lipinski definition) is 1. The smallest absolute Gasteiger partial charge is 0.0790 e. The third-order valence-corrected chi connectivity index (χ3v) is 3.42. The number of rotatable bonds is 3. The van der Waals surface area contributed by atoms with Crippen molar-refractivity contribution in [2.45, 2.75) is 45.6 Å². The van der Waals surface area contributed by atoms with Crippen molar-refractivity contribution < 1.29 is 5.11 Å². The predicted molar refractivity (Wildman–Crippen MR) is 67.6 cm³/mol. The second kappa shape index (κ2) is 4.84. The van der Waals surface area contributed by atoms with Gasteiger partial charge in [-0.1, -0.05) is 29.8 Å². The molecule has 0 saturated heterocycles. The minimum atomic E-state index is -0.275. The average Bonchev–Trinajstić information content (AvgIpc) is 2.76. The molecule has 1 N–H and O–H groups in total. The molecule has 1 heteroatoms. The zero-order valence-corrected chi connectivity index (χ0v) is 10.2. The molecule has 1 aliphatic rings. The van der Waals surface area contributed by atoms with E-state index in [-0.39, 0.29) is 6.10 Å². The molecule has 0 saturated carbocycles. The van der Waals surface area contributed by atoms with Crippen molar-refractivity contribution in [2.24, 2.45) is 0 Å². The number of aryl methyl sites for hydroxylation is 2. The first-order chi connectivity index (χ1) is 7.66. The van der Waals surface area contributed by atoms with E-state index in [1.165, 1.54) is 28.7 Å². The van der Waals surface area contributed by atoms with Crippen LogP contribution in [0.15, 0.2) is 29.8 Å². The molecule has 2 rings (SSSR count). The molecule has 0 fully saturated rings. The SMILES string of the molecule is Cc1ccc(C)c(CC(O)C2=CCCC2)c1. The maximum Gasteiger partial charge on any atom is 0.0790 e. The van der Waals surface area contributed by atoms with E-state index < -0.39 is 0 Å². The zero-order valence-electron chi connectivity index (χ0n) is 10.2. The summed E-state index contributed by atoms with van der Waals surface area (Å²) in [6.07, 6.45) is 6.11. The standard InChI is InChI=1S/C15H20O/c1-11-7-8-12(2)14(9-11)10-15(16)13-5-3-4-6-13/h5,7-9,15-16H,3-4,6,10H2,1-2H3. The topological polar surface area (TPSA) is 20.2 Å². The van der Waals surface area contributed by atoms with Crippen LogP contribution in [0.2, 0.25) is 0 Å². The lowest BCUT2D eigenvalue weighted by molar-refractivity contribution is 0.208. The van der Waals surface area contributed by atoms with Crippen molar-refractivity contribution in [2.75, 3.05) is 0 Å². The van der Waals surface area contributed by atoms with Crippen LogP contribution in [0.5, 0.6) is 0 Å². The van der Waals surface area contributed by atoms with Crippen molar-refractivity contribution >= 4 is 0 Å². The Hall–Kier alpha value is -1.08. The molecule has 0 spiro atoms. The summed E-state index contributed by atoms with van der Waals surface area (Å²) in [6.45, 7) is 4.22. The zero-order chi connectivity index (χ0) is 11.5. The van der Waals surface area contributed by atoms with Gasteiger partial charge in [-0.25, -0.2) is 0 Å². The quantitative estimate of drug-likeness (QED) is 0.768. The molecule has 0 aromatic heterocycles. The highest BCUT2D eigenvalue weighted by Crippen LogP contribution is 2.24. The van der Waals surface area contributed by atoms with E-state index in [1.807, 2.05) is 0 Å². The van der Waals surface area contributed by atoms with Gasteiger partial charge in [-0.05, 0) is 49.8 Å². The molecule has 1 unspecified atom stereocenters. The monoisotopic (exact) mass is 216 g/mol. The third kappa shape index (κ3) is 2.53. The molecule has 1 nitrogen and oxygen atoms in total. The Labute approximate surface area is 97.8 Å². The molecular formula is C15H20O. The first-order valence-corrected chi connectivity index (χ1v) is 6.10. The molecule has 1 aromatic carbocycles. The highest BCUT2D eigenvalue weighted by Gasteiger charge is 2.15. The number of hydrogen-bond acceptors (Lipinski definition) is 1. The summed E-state index contributed by atoms with van der Waals surface area (Å²) >= 11 is 0. The van der Waals surface area contributed by atoms with Gasteiger partial charge in [-0.2, -0.15) is 0 Å². The molecular weight excluding hydrogens is 196 g/mol. The Morgan fingerprint density at radius 1 is 1.31 bits per heavy atom. The van der Waals surface area contributed by atoms with Crippen molar-refractivity contribution in [1.82, 2.24) is 0 Å². The Bertz CT molecular complexity index is 404. The van der Waals surface area contributed by atoms with Crippen molar-refractivity contribution in [3.63, 3.8) is 0 Å². The minimum absolute atomic E-state index is 0.275. The van der Waals surface area contributed by atoms with Crippen LogP contribution >= 0.6 is 0 Å². The van der Waals surface area contributed by atoms with Gasteiger partial charge in [0.1, 0.15) is 0 Å². The molecule has 0 radical (unpaired) electrons. The molecule has 0 heterocycles. The molecule has 0 aliphatic heterocycles. The van der Waals surface area contributed by atoms with E-state index in [0.29, 0.717) is 0 Å². The third-order valence-electron chi connectivity index (χ3n) is 3.42. The Morgan fingerprint density at radius 2 is 2.12 bits per heavy atom. The van der Waals surface area contributed by atoms with E-state index in [2.05, 4.69) is 38.1 Å². The second-order valence-electron chi connectivity index (χ2n) is 4.82. The van der Waals surface area contributed by atoms with E-state index in [4.69, 9.17) is 0 Å². The van der Waals surface area contributed by atoms with Gasteiger partial charge < -0.3 is 5.11 Å². The van der Waals surface area contributed by atoms with Gasteiger partial charge in [0.2, 0.25) is 0 Å². The Morgan fingerprint density at radius 3 is 2.81 bits per heavy atom. The fourth-order valence-corrected chi connectivity index (χ4v) is 2.36. The summed E-state index contributed by atoms with van der Waals surface area (Å²) in [6, 6.07) is 6.45. The summed E-state index contributed by atoms with van der Waals surface area (Å²) < 4.78 is 0. The molecule has 1 atom stereocenters. The summed E-state index contributed by atoms with van der Waals surface area (Å²) in [4.78, 5) is 0. The van der Waals surface area contributed by atoms with Crippen LogP contribution in [0.4, 0.5) is 0 Å². The van der Waals surface area contributed by atoms with Crippen LogP contribution in [0, 0.1) is 13.8 Å². The Balaban J connectivity index is 2.10. The number of allylic oxidation sites excluding steroid dienone is 1. The molecule has 16 heavy (non-hydrogen) atoms. The van der Waals surface area contributed by atoms with Crippen LogP contribution in [-0.2, 0) is 6.42 Å². The van der Waals surface area contributed by atoms with E-state index in [0.717, 1.165) is 19.3 Å². The van der Waals surface area contributed by atoms with Crippen LogP contribution in [0.25, 0.3) is 0 Å². The van der Waals surface area contributed by atoms with Gasteiger partial charge in [0.15, 0.2) is 0 Å². The summed E-state index contributed by atoms with van der Waals surface area (Å²) in [5.74, 6) is 0. The highest BCUT2D eigenvalue weighted by atomic mass is 16.3. The number of aliphatic hydroxyl groups is 1. The van der Waals surface area contributed by atoms with Crippen LogP contribution in [0.3, 0.4) is 0 Å². The normalized spacial score (nSPS) is 17.3. The molecule has 1 aromatic rings. The van der Waals surface area contributed by atoms with Gasteiger partial charge in [0, 0.05) is 6.42 Å². The predicted octanol–water partition coefficient (Wildman–Crippen LogP) is 3.32. The molecule has 1 aliphatic carbocycles. The second-order valence-corrected chi connectivity index (χ2v) is 4.82. The van der Waals surface area contributed by atoms with E-state index in [1.54, 1.807) is 0 Å². The van der Waals surface area contributed by atoms with Crippen molar-refractivity contribution in [3.8, 4) is 0 Å². The lowest BCUT2D eigenvalue weighted by Gasteiger charge is -2.14. The fourth-order valence-electron chi connectivity index (χ4n) is 2.36. The summed E-state index contributed by atoms with van der Waals surface area (Å²) in [5, 5.41) is 10.1. The van der Waals surface area contributed by atoms with E-state index in [9.17, 15) is 5.11 Å². The van der Waals surface area contributed by atoms with Crippen LogP contribution in [-0.4, -0.2) is 11.2 Å². The van der Waals surface area contributed by atoms with Crippen LogP contribution < -0.4 is 0 Å². The van der Waals surface area contributed by atoms with Gasteiger partial charge in [0.25, 0.3) is 0 Å².